The van der Waals surface area contributed by atoms with E-state index in [1.165, 1.54) is 12.7 Å². The second-order valence-corrected chi connectivity index (χ2v) is 6.77. The van der Waals surface area contributed by atoms with Crippen molar-refractivity contribution in [1.29, 1.82) is 0 Å². The molecule has 4 nitrogen and oxygen atoms in total. The third-order valence-corrected chi connectivity index (χ3v) is 4.94. The summed E-state index contributed by atoms with van der Waals surface area (Å²) in [6, 6.07) is 26.3. The van der Waals surface area contributed by atoms with Gasteiger partial charge in [0.05, 0.1) is 23.7 Å². The second kappa shape index (κ2) is 8.09. The van der Waals surface area contributed by atoms with Crippen LogP contribution in [0.1, 0.15) is 27.3 Å². The standard InChI is InChI=1S/C24H22N2O2/c1-28-24(27)20-13-11-19(12-14-20)17-23-25-21-9-5-6-10-22(21)26(23)16-15-18-7-3-2-4-8-18/h2-14H,15-17H2,1H3. The van der Waals surface area contributed by atoms with Crippen molar-refractivity contribution in [3.8, 4) is 0 Å². The van der Waals surface area contributed by atoms with E-state index in [0.717, 1.165) is 35.4 Å². The summed E-state index contributed by atoms with van der Waals surface area (Å²) in [6.45, 7) is 0.875. The van der Waals surface area contributed by atoms with Crippen LogP contribution in [0.15, 0.2) is 78.9 Å². The van der Waals surface area contributed by atoms with E-state index in [0.29, 0.717) is 12.0 Å². The summed E-state index contributed by atoms with van der Waals surface area (Å²) >= 11 is 0. The zero-order chi connectivity index (χ0) is 19.3. The van der Waals surface area contributed by atoms with E-state index in [-0.39, 0.29) is 5.97 Å². The van der Waals surface area contributed by atoms with Crippen LogP contribution in [-0.4, -0.2) is 22.6 Å². The number of hydrogen-bond acceptors (Lipinski definition) is 3. The smallest absolute Gasteiger partial charge is 0.337 e. The minimum absolute atomic E-state index is 0.318. The summed E-state index contributed by atoms with van der Waals surface area (Å²) in [7, 11) is 1.39. The molecule has 0 saturated heterocycles. The van der Waals surface area contributed by atoms with E-state index in [1.807, 2.05) is 24.3 Å². The quantitative estimate of drug-likeness (QED) is 0.464. The van der Waals surface area contributed by atoms with Crippen molar-refractivity contribution in [1.82, 2.24) is 9.55 Å². The Bertz CT molecular complexity index is 1080. The Labute approximate surface area is 164 Å². The van der Waals surface area contributed by atoms with Gasteiger partial charge >= 0.3 is 5.97 Å². The Morgan fingerprint density at radius 3 is 2.36 bits per heavy atom. The van der Waals surface area contributed by atoms with Crippen LogP contribution in [0.25, 0.3) is 11.0 Å². The highest BCUT2D eigenvalue weighted by Gasteiger charge is 2.12. The molecule has 28 heavy (non-hydrogen) atoms. The average molecular weight is 370 g/mol. The maximum Gasteiger partial charge on any atom is 0.337 e. The number of ether oxygens (including phenoxy) is 1. The summed E-state index contributed by atoms with van der Waals surface area (Å²) in [5.41, 5.74) is 5.15. The van der Waals surface area contributed by atoms with Crippen LogP contribution in [-0.2, 0) is 24.1 Å². The first-order valence-corrected chi connectivity index (χ1v) is 9.40. The molecule has 1 aromatic heterocycles. The number of methoxy groups -OCH3 is 1. The summed E-state index contributed by atoms with van der Waals surface area (Å²) in [5.74, 6) is 0.713. The van der Waals surface area contributed by atoms with E-state index in [9.17, 15) is 4.79 Å². The minimum Gasteiger partial charge on any atom is -0.465 e. The van der Waals surface area contributed by atoms with Gasteiger partial charge in [0, 0.05) is 13.0 Å². The second-order valence-electron chi connectivity index (χ2n) is 6.77. The predicted molar refractivity (Wildman–Crippen MR) is 110 cm³/mol. The molecule has 0 bridgehead atoms. The molecule has 3 aromatic carbocycles. The van der Waals surface area contributed by atoms with E-state index < -0.39 is 0 Å². The SMILES string of the molecule is COC(=O)c1ccc(Cc2nc3ccccc3n2CCc2ccccc2)cc1. The van der Waals surface area contributed by atoms with Gasteiger partial charge in [-0.3, -0.25) is 0 Å². The van der Waals surface area contributed by atoms with E-state index in [1.54, 1.807) is 12.1 Å². The highest BCUT2D eigenvalue weighted by molar-refractivity contribution is 5.89. The molecule has 0 fully saturated rings. The molecule has 140 valence electrons. The lowest BCUT2D eigenvalue weighted by Gasteiger charge is -2.10. The van der Waals surface area contributed by atoms with Crippen molar-refractivity contribution in [3.05, 3.63) is 101 Å². The Balaban J connectivity index is 1.61. The number of nitrogens with zero attached hydrogens (tertiary/aromatic N) is 2. The number of rotatable bonds is 6. The molecule has 0 unspecified atom stereocenters. The molecule has 0 aliphatic carbocycles. The van der Waals surface area contributed by atoms with Crippen molar-refractivity contribution in [3.63, 3.8) is 0 Å². The van der Waals surface area contributed by atoms with Gasteiger partial charge in [-0.2, -0.15) is 0 Å². The van der Waals surface area contributed by atoms with Crippen molar-refractivity contribution in [2.45, 2.75) is 19.4 Å². The Hall–Kier alpha value is -3.40. The summed E-state index contributed by atoms with van der Waals surface area (Å²) in [6.07, 6.45) is 1.67. The summed E-state index contributed by atoms with van der Waals surface area (Å²) in [5, 5.41) is 0. The lowest BCUT2D eigenvalue weighted by molar-refractivity contribution is 0.0600. The number of imidazole rings is 1. The number of benzene rings is 3. The number of esters is 1. The van der Waals surface area contributed by atoms with Gasteiger partial charge < -0.3 is 9.30 Å². The van der Waals surface area contributed by atoms with Crippen LogP contribution in [0.4, 0.5) is 0 Å². The fourth-order valence-corrected chi connectivity index (χ4v) is 3.45. The molecule has 0 radical (unpaired) electrons. The molecule has 4 heteroatoms. The van der Waals surface area contributed by atoms with E-state index in [4.69, 9.17) is 9.72 Å². The highest BCUT2D eigenvalue weighted by atomic mass is 16.5. The molecular weight excluding hydrogens is 348 g/mol. The van der Waals surface area contributed by atoms with Crippen LogP contribution in [0.2, 0.25) is 0 Å². The Morgan fingerprint density at radius 2 is 1.61 bits per heavy atom. The maximum absolute atomic E-state index is 11.6. The number of fused-ring (bicyclic) bond motifs is 1. The van der Waals surface area contributed by atoms with Crippen LogP contribution in [0.3, 0.4) is 0 Å². The fraction of sp³-hybridized carbons (Fsp3) is 0.167. The third-order valence-electron chi connectivity index (χ3n) is 4.94. The molecule has 0 amide bonds. The van der Waals surface area contributed by atoms with Gasteiger partial charge in [0.1, 0.15) is 5.82 Å². The fourth-order valence-electron chi connectivity index (χ4n) is 3.45. The van der Waals surface area contributed by atoms with E-state index in [2.05, 4.69) is 47.0 Å². The van der Waals surface area contributed by atoms with Crippen LogP contribution in [0.5, 0.6) is 0 Å². The molecule has 0 aliphatic heterocycles. The molecule has 0 atom stereocenters. The van der Waals surface area contributed by atoms with Crippen molar-refractivity contribution >= 4 is 17.0 Å². The molecular formula is C24H22N2O2. The Kier molecular flexibility index (Phi) is 5.20. The average Bonchev–Trinajstić information content (AvgIpc) is 3.10. The van der Waals surface area contributed by atoms with Gasteiger partial charge in [-0.25, -0.2) is 9.78 Å². The van der Waals surface area contributed by atoms with Gasteiger partial charge in [-0.15, -0.1) is 0 Å². The number of carbonyl (C=O) groups is 1. The zero-order valence-corrected chi connectivity index (χ0v) is 15.8. The Morgan fingerprint density at radius 1 is 0.893 bits per heavy atom. The van der Waals surface area contributed by atoms with Gasteiger partial charge in [-0.1, -0.05) is 54.6 Å². The zero-order valence-electron chi connectivity index (χ0n) is 15.8. The first-order valence-electron chi connectivity index (χ1n) is 9.40. The first-order chi connectivity index (χ1) is 13.7. The lowest BCUT2D eigenvalue weighted by Crippen LogP contribution is -2.07. The monoisotopic (exact) mass is 370 g/mol. The third kappa shape index (κ3) is 3.81. The normalized spacial score (nSPS) is 10.9. The number of hydrogen-bond donors (Lipinski definition) is 0. The van der Waals surface area contributed by atoms with Gasteiger partial charge in [0.2, 0.25) is 0 Å². The van der Waals surface area contributed by atoms with Gasteiger partial charge in [0.25, 0.3) is 0 Å². The topological polar surface area (TPSA) is 44.1 Å². The molecule has 0 aliphatic rings. The number of carbonyl (C=O) groups excluding carboxylic acids is 1. The number of para-hydroxylation sites is 2. The van der Waals surface area contributed by atoms with Crippen molar-refractivity contribution < 1.29 is 9.53 Å². The summed E-state index contributed by atoms with van der Waals surface area (Å²) < 4.78 is 7.07. The lowest BCUT2D eigenvalue weighted by atomic mass is 10.1. The number of aromatic nitrogens is 2. The van der Waals surface area contributed by atoms with Crippen LogP contribution >= 0.6 is 0 Å². The molecule has 1 heterocycles. The molecule has 0 spiro atoms. The summed E-state index contributed by atoms with van der Waals surface area (Å²) in [4.78, 5) is 16.5. The minimum atomic E-state index is -0.318. The molecule has 0 N–H and O–H groups in total. The first kappa shape index (κ1) is 18.0. The van der Waals surface area contributed by atoms with E-state index >= 15 is 0 Å². The largest absolute Gasteiger partial charge is 0.465 e. The predicted octanol–water partition coefficient (Wildman–Crippen LogP) is 4.66. The highest BCUT2D eigenvalue weighted by Crippen LogP contribution is 2.20. The van der Waals surface area contributed by atoms with Crippen molar-refractivity contribution in [2.24, 2.45) is 0 Å². The molecule has 4 rings (SSSR count). The maximum atomic E-state index is 11.6. The molecule has 0 saturated carbocycles. The number of aryl methyl sites for hydroxylation is 2. The van der Waals surface area contributed by atoms with Crippen molar-refractivity contribution in [2.75, 3.05) is 7.11 Å². The van der Waals surface area contributed by atoms with Crippen LogP contribution < -0.4 is 0 Å². The van der Waals surface area contributed by atoms with Gasteiger partial charge in [-0.05, 0) is 41.8 Å². The van der Waals surface area contributed by atoms with Gasteiger partial charge in [0.15, 0.2) is 0 Å². The van der Waals surface area contributed by atoms with Crippen LogP contribution in [0, 0.1) is 0 Å². The molecule has 4 aromatic rings.